The van der Waals surface area contributed by atoms with Crippen LogP contribution in [0.5, 0.6) is 0 Å². The van der Waals surface area contributed by atoms with Gasteiger partial charge in [0.1, 0.15) is 0 Å². The third-order valence-corrected chi connectivity index (χ3v) is 4.44. The number of carboxylic acid groups (broad SMARTS) is 1. The van der Waals surface area contributed by atoms with Crippen molar-refractivity contribution in [2.45, 2.75) is 38.7 Å². The highest BCUT2D eigenvalue weighted by atomic mass is 16.5. The third-order valence-electron chi connectivity index (χ3n) is 4.44. The number of carbonyl (C=O) groups is 1. The Balaban J connectivity index is 2.38. The average Bonchev–Trinajstić information content (AvgIpc) is 2.90. The van der Waals surface area contributed by atoms with Crippen molar-refractivity contribution in [1.82, 2.24) is 4.98 Å². The molecule has 1 aromatic carbocycles. The molecule has 0 spiro atoms. The predicted octanol–water partition coefficient (Wildman–Crippen LogP) is 3.00. The summed E-state index contributed by atoms with van der Waals surface area (Å²) in [4.78, 5) is 15.2. The molecule has 22 heavy (non-hydrogen) atoms. The SMILES string of the molecule is CCC[C@]1(C(=O)O)OCCc2c1[nH]c1c(C)ccc(C#N)c21. The standard InChI is InChI=1S/C17H18N2O3/c1-3-7-17(16(20)21)15-12(6-8-22-17)13-11(9-18)5-4-10(2)14(13)19-15/h4-5,19H,3,6-8H2,1-2H3,(H,20,21)/t17-/m0/s1. The second kappa shape index (κ2) is 5.15. The number of fused-ring (bicyclic) bond motifs is 3. The molecule has 5 nitrogen and oxygen atoms in total. The van der Waals surface area contributed by atoms with Crippen LogP contribution in [-0.2, 0) is 21.6 Å². The number of ether oxygens (including phenoxy) is 1. The van der Waals surface area contributed by atoms with Gasteiger partial charge in [-0.2, -0.15) is 5.26 Å². The Morgan fingerprint density at radius 1 is 1.55 bits per heavy atom. The molecule has 2 N–H and O–H groups in total. The monoisotopic (exact) mass is 298 g/mol. The maximum atomic E-state index is 11.9. The van der Waals surface area contributed by atoms with Gasteiger partial charge in [-0.15, -0.1) is 0 Å². The molecule has 0 fully saturated rings. The fraction of sp³-hybridized carbons (Fsp3) is 0.412. The van der Waals surface area contributed by atoms with Gasteiger partial charge >= 0.3 is 5.97 Å². The quantitative estimate of drug-likeness (QED) is 0.912. The van der Waals surface area contributed by atoms with Crippen LogP contribution in [0.25, 0.3) is 10.9 Å². The summed E-state index contributed by atoms with van der Waals surface area (Å²) in [6.07, 6.45) is 1.72. The summed E-state index contributed by atoms with van der Waals surface area (Å²) in [5, 5.41) is 20.0. The number of H-pyrrole nitrogens is 1. The van der Waals surface area contributed by atoms with E-state index in [1.807, 2.05) is 19.9 Å². The number of benzene rings is 1. The lowest BCUT2D eigenvalue weighted by Gasteiger charge is -2.33. The minimum Gasteiger partial charge on any atom is -0.479 e. The molecule has 114 valence electrons. The summed E-state index contributed by atoms with van der Waals surface area (Å²) in [6, 6.07) is 5.89. The number of aromatic amines is 1. The largest absolute Gasteiger partial charge is 0.479 e. The lowest BCUT2D eigenvalue weighted by molar-refractivity contribution is -0.171. The summed E-state index contributed by atoms with van der Waals surface area (Å²) in [7, 11) is 0. The number of aliphatic carboxylic acids is 1. The van der Waals surface area contributed by atoms with Gasteiger partial charge in [-0.25, -0.2) is 4.79 Å². The zero-order valence-corrected chi connectivity index (χ0v) is 12.7. The summed E-state index contributed by atoms with van der Waals surface area (Å²) in [5.74, 6) is -0.974. The van der Waals surface area contributed by atoms with Crippen molar-refractivity contribution in [3.8, 4) is 6.07 Å². The minimum absolute atomic E-state index is 0.352. The molecule has 1 aromatic heterocycles. The molecule has 0 radical (unpaired) electrons. The van der Waals surface area contributed by atoms with Crippen LogP contribution in [0, 0.1) is 18.3 Å². The third kappa shape index (κ3) is 1.84. The number of aromatic nitrogens is 1. The van der Waals surface area contributed by atoms with E-state index in [9.17, 15) is 15.2 Å². The van der Waals surface area contributed by atoms with Crippen LogP contribution in [0.15, 0.2) is 12.1 Å². The van der Waals surface area contributed by atoms with E-state index in [4.69, 9.17) is 4.74 Å². The second-order valence-electron chi connectivity index (χ2n) is 5.75. The maximum Gasteiger partial charge on any atom is 0.342 e. The highest BCUT2D eigenvalue weighted by molar-refractivity contribution is 5.94. The van der Waals surface area contributed by atoms with Gasteiger partial charge in [0, 0.05) is 5.39 Å². The molecule has 2 aromatic rings. The minimum atomic E-state index is -1.33. The summed E-state index contributed by atoms with van der Waals surface area (Å²) < 4.78 is 5.72. The van der Waals surface area contributed by atoms with E-state index in [-0.39, 0.29) is 0 Å². The van der Waals surface area contributed by atoms with E-state index in [0.29, 0.717) is 37.1 Å². The predicted molar refractivity (Wildman–Crippen MR) is 81.6 cm³/mol. The van der Waals surface area contributed by atoms with E-state index >= 15 is 0 Å². The van der Waals surface area contributed by atoms with Crippen molar-refractivity contribution in [3.63, 3.8) is 0 Å². The van der Waals surface area contributed by atoms with Gasteiger partial charge in [0.25, 0.3) is 0 Å². The highest BCUT2D eigenvalue weighted by Crippen LogP contribution is 2.41. The first-order chi connectivity index (χ1) is 10.5. The molecule has 1 atom stereocenters. The summed E-state index contributed by atoms with van der Waals surface area (Å²) in [5.41, 5.74) is 2.61. The molecule has 1 aliphatic heterocycles. The fourth-order valence-corrected chi connectivity index (χ4v) is 3.42. The molecule has 1 aliphatic rings. The number of nitrogens with zero attached hydrogens (tertiary/aromatic N) is 1. The van der Waals surface area contributed by atoms with Gasteiger partial charge in [-0.3, -0.25) is 0 Å². The van der Waals surface area contributed by atoms with Gasteiger partial charge in [0.2, 0.25) is 5.60 Å². The number of rotatable bonds is 3. The van der Waals surface area contributed by atoms with Crippen LogP contribution in [0.2, 0.25) is 0 Å². The number of carboxylic acids is 1. The molecule has 0 unspecified atom stereocenters. The van der Waals surface area contributed by atoms with Crippen molar-refractivity contribution in [1.29, 1.82) is 5.26 Å². The van der Waals surface area contributed by atoms with Gasteiger partial charge < -0.3 is 14.8 Å². The van der Waals surface area contributed by atoms with Crippen LogP contribution >= 0.6 is 0 Å². The summed E-state index contributed by atoms with van der Waals surface area (Å²) >= 11 is 0. The Kier molecular flexibility index (Phi) is 3.42. The van der Waals surface area contributed by atoms with Gasteiger partial charge in [-0.1, -0.05) is 19.4 Å². The number of hydrogen-bond donors (Lipinski definition) is 2. The van der Waals surface area contributed by atoms with Crippen molar-refractivity contribution in [2.75, 3.05) is 6.61 Å². The first-order valence-corrected chi connectivity index (χ1v) is 7.47. The highest BCUT2D eigenvalue weighted by Gasteiger charge is 2.46. The summed E-state index contributed by atoms with van der Waals surface area (Å²) in [6.45, 7) is 4.25. The molecule has 0 aliphatic carbocycles. The number of aryl methyl sites for hydroxylation is 1. The van der Waals surface area contributed by atoms with Crippen LogP contribution < -0.4 is 0 Å². The number of hydrogen-bond acceptors (Lipinski definition) is 3. The number of nitriles is 1. The normalized spacial score (nSPS) is 20.6. The van der Waals surface area contributed by atoms with Gasteiger partial charge in [-0.05, 0) is 37.0 Å². The van der Waals surface area contributed by atoms with Crippen molar-refractivity contribution < 1.29 is 14.6 Å². The topological polar surface area (TPSA) is 86.1 Å². The van der Waals surface area contributed by atoms with E-state index in [1.165, 1.54) is 0 Å². The van der Waals surface area contributed by atoms with E-state index in [2.05, 4.69) is 11.1 Å². The Morgan fingerprint density at radius 3 is 2.95 bits per heavy atom. The molecule has 5 heteroatoms. The average molecular weight is 298 g/mol. The molecule has 0 saturated carbocycles. The van der Waals surface area contributed by atoms with Crippen molar-refractivity contribution >= 4 is 16.9 Å². The Morgan fingerprint density at radius 2 is 2.32 bits per heavy atom. The number of nitrogens with one attached hydrogen (secondary N) is 1. The smallest absolute Gasteiger partial charge is 0.342 e. The maximum absolute atomic E-state index is 11.9. The molecule has 0 amide bonds. The van der Waals surface area contributed by atoms with Crippen LogP contribution in [0.3, 0.4) is 0 Å². The van der Waals surface area contributed by atoms with Gasteiger partial charge in [0.05, 0.1) is 29.5 Å². The molecule has 3 rings (SSSR count). The second-order valence-corrected chi connectivity index (χ2v) is 5.75. The Hall–Kier alpha value is -2.32. The van der Waals surface area contributed by atoms with Crippen LogP contribution in [-0.4, -0.2) is 22.7 Å². The first-order valence-electron chi connectivity index (χ1n) is 7.47. The van der Waals surface area contributed by atoms with Crippen LogP contribution in [0.4, 0.5) is 0 Å². The lowest BCUT2D eigenvalue weighted by Crippen LogP contribution is -2.43. The van der Waals surface area contributed by atoms with E-state index in [0.717, 1.165) is 22.0 Å². The van der Waals surface area contributed by atoms with Crippen molar-refractivity contribution in [3.05, 3.63) is 34.5 Å². The molecular weight excluding hydrogens is 280 g/mol. The van der Waals surface area contributed by atoms with E-state index < -0.39 is 11.6 Å². The van der Waals surface area contributed by atoms with E-state index in [1.54, 1.807) is 6.07 Å². The molecule has 2 heterocycles. The van der Waals surface area contributed by atoms with Crippen molar-refractivity contribution in [2.24, 2.45) is 0 Å². The zero-order chi connectivity index (χ0) is 15.9. The Labute approximate surface area is 128 Å². The fourth-order valence-electron chi connectivity index (χ4n) is 3.42. The molecular formula is C17H18N2O3. The molecule has 0 saturated heterocycles. The Bertz CT molecular complexity index is 800. The first kappa shape index (κ1) is 14.6. The molecule has 0 bridgehead atoms. The lowest BCUT2D eigenvalue weighted by atomic mass is 9.87. The zero-order valence-electron chi connectivity index (χ0n) is 12.7. The van der Waals surface area contributed by atoms with Gasteiger partial charge in [0.15, 0.2) is 0 Å². The van der Waals surface area contributed by atoms with Crippen LogP contribution in [0.1, 0.15) is 42.1 Å².